The van der Waals surface area contributed by atoms with Crippen molar-refractivity contribution >= 4 is 34.1 Å². The fourth-order valence-corrected chi connectivity index (χ4v) is 4.19. The zero-order chi connectivity index (χ0) is 23.0. The normalized spacial score (nSPS) is 10.8. The third kappa shape index (κ3) is 5.75. The van der Waals surface area contributed by atoms with Crippen LogP contribution in [0.5, 0.6) is 5.75 Å². The summed E-state index contributed by atoms with van der Waals surface area (Å²) < 4.78 is 6.94. The Kier molecular flexibility index (Phi) is 7.31. The van der Waals surface area contributed by atoms with E-state index in [0.29, 0.717) is 29.4 Å². The van der Waals surface area contributed by atoms with E-state index in [-0.39, 0.29) is 11.8 Å². The van der Waals surface area contributed by atoms with Crippen molar-refractivity contribution in [2.75, 3.05) is 19.0 Å². The number of anilines is 1. The summed E-state index contributed by atoms with van der Waals surface area (Å²) in [6, 6.07) is 16.8. The van der Waals surface area contributed by atoms with Gasteiger partial charge in [0.1, 0.15) is 5.75 Å². The summed E-state index contributed by atoms with van der Waals surface area (Å²) >= 11 is 1.47. The van der Waals surface area contributed by atoms with Gasteiger partial charge in [0.2, 0.25) is 16.8 Å². The average molecular weight is 464 g/mol. The summed E-state index contributed by atoms with van der Waals surface area (Å²) in [5.74, 6) is 0.896. The predicted molar refractivity (Wildman–Crippen MR) is 129 cm³/mol. The fourth-order valence-electron chi connectivity index (χ4n) is 3.36. The Balaban J connectivity index is 1.21. The molecule has 0 spiro atoms. The molecule has 4 rings (SSSR count). The van der Waals surface area contributed by atoms with Crippen LogP contribution in [0, 0.1) is 0 Å². The van der Waals surface area contributed by atoms with Crippen molar-refractivity contribution in [3.63, 3.8) is 0 Å². The number of rotatable bonds is 10. The van der Waals surface area contributed by atoms with Crippen LogP contribution in [0.3, 0.4) is 0 Å². The number of unbranched alkanes of at least 4 members (excludes halogenated alkanes) is 2. The predicted octanol–water partition coefficient (Wildman–Crippen LogP) is 4.40. The Morgan fingerprint density at radius 2 is 1.82 bits per heavy atom. The first-order valence-corrected chi connectivity index (χ1v) is 11.6. The van der Waals surface area contributed by atoms with Crippen LogP contribution in [0.2, 0.25) is 0 Å². The Labute approximate surface area is 195 Å². The van der Waals surface area contributed by atoms with Crippen LogP contribution in [0.1, 0.15) is 36.0 Å². The Morgan fingerprint density at radius 3 is 2.58 bits per heavy atom. The largest absolute Gasteiger partial charge is 0.497 e. The molecule has 0 unspecified atom stereocenters. The second-order valence-corrected chi connectivity index (χ2v) is 8.30. The monoisotopic (exact) mass is 463 g/mol. The molecule has 0 radical (unpaired) electrons. The summed E-state index contributed by atoms with van der Waals surface area (Å²) in [6.45, 7) is 0.586. The molecule has 2 aromatic heterocycles. The second kappa shape index (κ2) is 10.7. The van der Waals surface area contributed by atoms with E-state index in [0.717, 1.165) is 36.3 Å². The number of carbonyl (C=O) groups is 2. The lowest BCUT2D eigenvalue weighted by atomic mass is 10.1. The lowest BCUT2D eigenvalue weighted by molar-refractivity contribution is -0.116. The fraction of sp³-hybridized carbons (Fsp3) is 0.250. The Morgan fingerprint density at radius 1 is 1.03 bits per heavy atom. The highest BCUT2D eigenvalue weighted by Crippen LogP contribution is 2.27. The zero-order valence-corrected chi connectivity index (χ0v) is 19.1. The minimum absolute atomic E-state index is 0.0758. The van der Waals surface area contributed by atoms with E-state index >= 15 is 0 Å². The maximum Gasteiger partial charge on any atom is 0.251 e. The van der Waals surface area contributed by atoms with E-state index in [1.165, 1.54) is 11.3 Å². The van der Waals surface area contributed by atoms with Gasteiger partial charge in [-0.25, -0.2) is 4.52 Å². The number of aromatic nitrogens is 3. The average Bonchev–Trinajstić information content (AvgIpc) is 3.42. The maximum atomic E-state index is 12.3. The van der Waals surface area contributed by atoms with Crippen molar-refractivity contribution in [3.05, 3.63) is 65.5 Å². The van der Waals surface area contributed by atoms with Gasteiger partial charge in [-0.3, -0.25) is 14.9 Å². The lowest BCUT2D eigenvalue weighted by Crippen LogP contribution is -2.24. The van der Waals surface area contributed by atoms with E-state index in [2.05, 4.69) is 20.7 Å². The van der Waals surface area contributed by atoms with Crippen LogP contribution in [0.25, 0.3) is 16.2 Å². The molecule has 2 aromatic carbocycles. The number of methoxy groups -OCH3 is 1. The van der Waals surface area contributed by atoms with Gasteiger partial charge in [0.15, 0.2) is 0 Å². The number of thiazole rings is 1. The SMILES string of the molecule is COc1ccc(-c2csc3nc(NC(=O)CCCCCNC(=O)c4ccccc4)nn23)cc1. The van der Waals surface area contributed by atoms with Gasteiger partial charge in [-0.15, -0.1) is 16.4 Å². The topological polar surface area (TPSA) is 97.6 Å². The second-order valence-electron chi connectivity index (χ2n) is 7.46. The van der Waals surface area contributed by atoms with Crippen LogP contribution in [-0.2, 0) is 4.79 Å². The molecule has 0 aliphatic carbocycles. The van der Waals surface area contributed by atoms with E-state index in [1.807, 2.05) is 47.8 Å². The van der Waals surface area contributed by atoms with E-state index < -0.39 is 0 Å². The highest BCUT2D eigenvalue weighted by Gasteiger charge is 2.13. The zero-order valence-electron chi connectivity index (χ0n) is 18.3. The lowest BCUT2D eigenvalue weighted by Gasteiger charge is -2.05. The highest BCUT2D eigenvalue weighted by atomic mass is 32.1. The van der Waals surface area contributed by atoms with Crippen LogP contribution in [-0.4, -0.2) is 40.1 Å². The molecule has 9 heteroatoms. The minimum Gasteiger partial charge on any atom is -0.497 e. The van der Waals surface area contributed by atoms with Crippen LogP contribution >= 0.6 is 11.3 Å². The number of fused-ring (bicyclic) bond motifs is 1. The first-order valence-electron chi connectivity index (χ1n) is 10.8. The summed E-state index contributed by atoms with van der Waals surface area (Å²) in [7, 11) is 1.63. The molecule has 2 amide bonds. The number of nitrogens with one attached hydrogen (secondary N) is 2. The van der Waals surface area contributed by atoms with Crippen molar-refractivity contribution in [1.29, 1.82) is 0 Å². The molecular formula is C24H25N5O3S. The van der Waals surface area contributed by atoms with Crippen molar-refractivity contribution in [1.82, 2.24) is 19.9 Å². The van der Waals surface area contributed by atoms with E-state index in [4.69, 9.17) is 4.74 Å². The van der Waals surface area contributed by atoms with Crippen molar-refractivity contribution in [2.45, 2.75) is 25.7 Å². The van der Waals surface area contributed by atoms with Gasteiger partial charge in [-0.05, 0) is 49.2 Å². The molecule has 0 atom stereocenters. The van der Waals surface area contributed by atoms with Crippen molar-refractivity contribution < 1.29 is 14.3 Å². The molecule has 2 heterocycles. The summed E-state index contributed by atoms with van der Waals surface area (Å²) in [5.41, 5.74) is 2.55. The standard InChI is InChI=1S/C24H25N5O3S/c1-32-19-13-11-17(12-14-19)20-16-33-24-27-23(28-29(20)24)26-21(30)10-6-3-7-15-25-22(31)18-8-4-2-5-9-18/h2,4-5,8-9,11-14,16H,3,6-7,10,15H2,1H3,(H,25,31)(H,26,28,30). The Hall–Kier alpha value is -3.72. The van der Waals surface area contributed by atoms with Gasteiger partial charge in [-0.2, -0.15) is 4.98 Å². The number of hydrogen-bond acceptors (Lipinski definition) is 6. The number of benzene rings is 2. The van der Waals surface area contributed by atoms with Gasteiger partial charge in [-0.1, -0.05) is 24.6 Å². The van der Waals surface area contributed by atoms with Gasteiger partial charge >= 0.3 is 0 Å². The third-order valence-corrected chi connectivity index (χ3v) is 5.94. The van der Waals surface area contributed by atoms with E-state index in [1.54, 1.807) is 23.8 Å². The molecule has 0 bridgehead atoms. The molecule has 33 heavy (non-hydrogen) atoms. The molecule has 0 fully saturated rings. The number of carbonyl (C=O) groups excluding carboxylic acids is 2. The summed E-state index contributed by atoms with van der Waals surface area (Å²) in [5, 5.41) is 12.1. The van der Waals surface area contributed by atoms with Crippen LogP contribution < -0.4 is 15.4 Å². The molecule has 2 N–H and O–H groups in total. The molecule has 0 aliphatic rings. The molecule has 8 nitrogen and oxygen atoms in total. The van der Waals surface area contributed by atoms with Gasteiger partial charge in [0.25, 0.3) is 5.91 Å². The van der Waals surface area contributed by atoms with Crippen LogP contribution in [0.15, 0.2) is 60.0 Å². The smallest absolute Gasteiger partial charge is 0.251 e. The van der Waals surface area contributed by atoms with E-state index in [9.17, 15) is 9.59 Å². The first-order chi connectivity index (χ1) is 16.1. The quantitative estimate of drug-likeness (QED) is 0.340. The van der Waals surface area contributed by atoms with Gasteiger partial charge < -0.3 is 10.1 Å². The first kappa shape index (κ1) is 22.5. The number of nitrogens with zero attached hydrogens (tertiary/aromatic N) is 3. The molecule has 170 valence electrons. The molecule has 0 aliphatic heterocycles. The number of ether oxygens (including phenoxy) is 1. The van der Waals surface area contributed by atoms with Gasteiger partial charge in [0.05, 0.1) is 12.8 Å². The Bertz CT molecular complexity index is 1220. The molecule has 0 saturated heterocycles. The highest BCUT2D eigenvalue weighted by molar-refractivity contribution is 7.15. The van der Waals surface area contributed by atoms with Crippen LogP contribution in [0.4, 0.5) is 5.95 Å². The van der Waals surface area contributed by atoms with Crippen molar-refractivity contribution in [2.24, 2.45) is 0 Å². The summed E-state index contributed by atoms with van der Waals surface area (Å²) in [4.78, 5) is 29.4. The number of amides is 2. The number of hydrogen-bond donors (Lipinski definition) is 2. The molecule has 0 saturated carbocycles. The third-order valence-electron chi connectivity index (χ3n) is 5.12. The maximum absolute atomic E-state index is 12.3. The summed E-state index contributed by atoms with van der Waals surface area (Å²) in [6.07, 6.45) is 2.77. The minimum atomic E-state index is -0.118. The van der Waals surface area contributed by atoms with Crippen molar-refractivity contribution in [3.8, 4) is 17.0 Å². The molecular weight excluding hydrogens is 438 g/mol. The van der Waals surface area contributed by atoms with Gasteiger partial charge in [0, 0.05) is 29.5 Å². The molecule has 4 aromatic rings.